The molecule has 0 aliphatic carbocycles. The van der Waals surface area contributed by atoms with Crippen LogP contribution in [-0.4, -0.2) is 24.6 Å². The van der Waals surface area contributed by atoms with Crippen LogP contribution in [0.2, 0.25) is 0 Å². The fourth-order valence-corrected chi connectivity index (χ4v) is 3.73. The highest BCUT2D eigenvalue weighted by atomic mass is 16.3. The molecule has 0 saturated heterocycles. The Bertz CT molecular complexity index is 1210. The average Bonchev–Trinajstić information content (AvgIpc) is 3.45. The number of nitrogens with one attached hydrogen (secondary N) is 1. The maximum Gasteiger partial charge on any atom is 0.140 e. The van der Waals surface area contributed by atoms with Crippen molar-refractivity contribution >= 4 is 11.0 Å². The van der Waals surface area contributed by atoms with Crippen molar-refractivity contribution in [2.45, 2.75) is 12.1 Å². The number of imidazole rings is 2. The average molecular weight is 380 g/mol. The Balaban J connectivity index is 1.57. The van der Waals surface area contributed by atoms with Gasteiger partial charge >= 0.3 is 0 Å². The second-order valence-corrected chi connectivity index (χ2v) is 7.03. The number of hydrogen-bond donors (Lipinski definition) is 2. The maximum atomic E-state index is 10.7. The van der Waals surface area contributed by atoms with Crippen LogP contribution in [0.25, 0.3) is 11.0 Å². The standard InChI is InChI=1S/C24H20N4O/c29-23(18-9-5-2-6-10-18)24-26-20-12-11-19(15-21(20)27-24)22(28-14-13-25-16-28)17-7-3-1-4-8-17/h1-16,22-23,29H,(H,26,27). The summed E-state index contributed by atoms with van der Waals surface area (Å²) in [6, 6.07) is 26.1. The summed E-state index contributed by atoms with van der Waals surface area (Å²) in [4.78, 5) is 12.2. The van der Waals surface area contributed by atoms with Crippen LogP contribution < -0.4 is 0 Å². The molecular weight excluding hydrogens is 360 g/mol. The highest BCUT2D eigenvalue weighted by molar-refractivity contribution is 5.76. The fraction of sp³-hybridized carbons (Fsp3) is 0.0833. The minimum atomic E-state index is -0.786. The lowest BCUT2D eigenvalue weighted by Crippen LogP contribution is -2.10. The molecular formula is C24H20N4O. The number of fused-ring (bicyclic) bond motifs is 1. The third-order valence-electron chi connectivity index (χ3n) is 5.15. The first-order valence-electron chi connectivity index (χ1n) is 9.54. The van der Waals surface area contributed by atoms with Crippen LogP contribution in [0.1, 0.15) is 34.7 Å². The van der Waals surface area contributed by atoms with Gasteiger partial charge in [0.25, 0.3) is 0 Å². The number of hydrogen-bond acceptors (Lipinski definition) is 3. The fourth-order valence-electron chi connectivity index (χ4n) is 3.73. The summed E-state index contributed by atoms with van der Waals surface area (Å²) in [7, 11) is 0. The molecule has 0 aliphatic heterocycles. The molecule has 0 bridgehead atoms. The summed E-state index contributed by atoms with van der Waals surface area (Å²) in [5, 5.41) is 10.7. The zero-order chi connectivity index (χ0) is 19.6. The van der Waals surface area contributed by atoms with Gasteiger partial charge in [-0.1, -0.05) is 66.7 Å². The molecule has 5 aromatic rings. The number of H-pyrrole nitrogens is 1. The third-order valence-corrected chi connectivity index (χ3v) is 5.15. The van der Waals surface area contributed by atoms with Gasteiger partial charge in [-0.2, -0.15) is 0 Å². The van der Waals surface area contributed by atoms with Crippen molar-refractivity contribution < 1.29 is 5.11 Å². The Morgan fingerprint density at radius 2 is 1.55 bits per heavy atom. The Kier molecular flexibility index (Phi) is 4.42. The molecule has 5 heteroatoms. The molecule has 2 aromatic heterocycles. The Morgan fingerprint density at radius 3 is 2.24 bits per heavy atom. The van der Waals surface area contributed by atoms with E-state index in [9.17, 15) is 5.11 Å². The number of rotatable bonds is 5. The van der Waals surface area contributed by atoms with Gasteiger partial charge in [-0.25, -0.2) is 9.97 Å². The number of nitrogens with zero attached hydrogens (tertiary/aromatic N) is 3. The van der Waals surface area contributed by atoms with E-state index in [1.54, 1.807) is 6.20 Å². The predicted octanol–water partition coefficient (Wildman–Crippen LogP) is 4.48. The summed E-state index contributed by atoms with van der Waals surface area (Å²) >= 11 is 0. The molecule has 5 rings (SSSR count). The first kappa shape index (κ1) is 17.4. The zero-order valence-corrected chi connectivity index (χ0v) is 15.7. The molecule has 3 aromatic carbocycles. The molecule has 142 valence electrons. The summed E-state index contributed by atoms with van der Waals surface area (Å²) < 4.78 is 2.09. The van der Waals surface area contributed by atoms with Crippen molar-refractivity contribution in [3.63, 3.8) is 0 Å². The summed E-state index contributed by atoms with van der Waals surface area (Å²) in [6.45, 7) is 0. The highest BCUT2D eigenvalue weighted by Gasteiger charge is 2.19. The summed E-state index contributed by atoms with van der Waals surface area (Å²) in [5.41, 5.74) is 4.82. The van der Waals surface area contributed by atoms with Crippen LogP contribution in [0.5, 0.6) is 0 Å². The van der Waals surface area contributed by atoms with E-state index in [0.717, 1.165) is 22.2 Å². The van der Waals surface area contributed by atoms with Gasteiger partial charge in [0, 0.05) is 12.4 Å². The molecule has 0 saturated carbocycles. The minimum absolute atomic E-state index is 0.00213. The van der Waals surface area contributed by atoms with Gasteiger partial charge in [0.15, 0.2) is 0 Å². The number of aromatic nitrogens is 4. The van der Waals surface area contributed by atoms with E-state index in [0.29, 0.717) is 5.82 Å². The second kappa shape index (κ2) is 7.37. The van der Waals surface area contributed by atoms with Crippen molar-refractivity contribution in [3.05, 3.63) is 120 Å². The van der Waals surface area contributed by atoms with Crippen molar-refractivity contribution in [1.29, 1.82) is 0 Å². The van der Waals surface area contributed by atoms with Gasteiger partial charge in [0.1, 0.15) is 11.9 Å². The Labute approximate surface area is 168 Å². The number of aliphatic hydroxyl groups excluding tert-OH is 1. The first-order chi connectivity index (χ1) is 14.3. The van der Waals surface area contributed by atoms with E-state index in [2.05, 4.69) is 43.8 Å². The topological polar surface area (TPSA) is 66.7 Å². The first-order valence-corrected chi connectivity index (χ1v) is 9.54. The van der Waals surface area contributed by atoms with Crippen LogP contribution in [0, 0.1) is 0 Å². The minimum Gasteiger partial charge on any atom is -0.380 e. The quantitative estimate of drug-likeness (QED) is 0.472. The molecule has 0 fully saturated rings. The van der Waals surface area contributed by atoms with Gasteiger partial charge in [0.05, 0.1) is 23.4 Å². The van der Waals surface area contributed by atoms with Gasteiger partial charge in [-0.05, 0) is 28.8 Å². The van der Waals surface area contributed by atoms with E-state index >= 15 is 0 Å². The number of aliphatic hydroxyl groups is 1. The smallest absolute Gasteiger partial charge is 0.140 e. The molecule has 29 heavy (non-hydrogen) atoms. The molecule has 2 atom stereocenters. The Hall–Kier alpha value is -3.70. The monoisotopic (exact) mass is 380 g/mol. The van der Waals surface area contributed by atoms with E-state index < -0.39 is 6.10 Å². The molecule has 0 radical (unpaired) electrons. The van der Waals surface area contributed by atoms with Gasteiger partial charge in [-0.3, -0.25) is 0 Å². The van der Waals surface area contributed by atoms with Crippen LogP contribution in [0.3, 0.4) is 0 Å². The van der Waals surface area contributed by atoms with Crippen molar-refractivity contribution in [2.24, 2.45) is 0 Å². The molecule has 0 spiro atoms. The van der Waals surface area contributed by atoms with E-state index in [-0.39, 0.29) is 6.04 Å². The SMILES string of the molecule is OC(c1ccccc1)c1nc2cc(C(c3ccccc3)n3ccnc3)ccc2[nH]1. The summed E-state index contributed by atoms with van der Waals surface area (Å²) in [5.74, 6) is 0.544. The van der Waals surface area contributed by atoms with Crippen molar-refractivity contribution in [1.82, 2.24) is 19.5 Å². The molecule has 2 heterocycles. The second-order valence-electron chi connectivity index (χ2n) is 7.03. The highest BCUT2D eigenvalue weighted by Crippen LogP contribution is 2.29. The Morgan fingerprint density at radius 1 is 0.828 bits per heavy atom. The molecule has 2 N–H and O–H groups in total. The molecule has 0 aliphatic rings. The van der Waals surface area contributed by atoms with E-state index in [4.69, 9.17) is 0 Å². The van der Waals surface area contributed by atoms with Crippen molar-refractivity contribution in [2.75, 3.05) is 0 Å². The number of aromatic amines is 1. The van der Waals surface area contributed by atoms with Crippen molar-refractivity contribution in [3.8, 4) is 0 Å². The van der Waals surface area contributed by atoms with Crippen LogP contribution in [0.4, 0.5) is 0 Å². The van der Waals surface area contributed by atoms with E-state index in [1.807, 2.05) is 67.1 Å². The summed E-state index contributed by atoms with van der Waals surface area (Å²) in [6.07, 6.45) is 4.80. The molecule has 5 nitrogen and oxygen atoms in total. The lowest BCUT2D eigenvalue weighted by molar-refractivity contribution is 0.211. The van der Waals surface area contributed by atoms with Crippen LogP contribution in [0.15, 0.2) is 97.6 Å². The van der Waals surface area contributed by atoms with Gasteiger partial charge in [0.2, 0.25) is 0 Å². The molecule has 2 unspecified atom stereocenters. The van der Waals surface area contributed by atoms with Gasteiger partial charge in [-0.15, -0.1) is 0 Å². The third kappa shape index (κ3) is 3.32. The lowest BCUT2D eigenvalue weighted by Gasteiger charge is -2.19. The lowest BCUT2D eigenvalue weighted by atomic mass is 9.98. The number of benzene rings is 3. The predicted molar refractivity (Wildman–Crippen MR) is 113 cm³/mol. The van der Waals surface area contributed by atoms with Gasteiger partial charge < -0.3 is 14.7 Å². The van der Waals surface area contributed by atoms with Crippen LogP contribution >= 0.6 is 0 Å². The zero-order valence-electron chi connectivity index (χ0n) is 15.7. The van der Waals surface area contributed by atoms with Crippen LogP contribution in [-0.2, 0) is 0 Å². The maximum absolute atomic E-state index is 10.7. The largest absolute Gasteiger partial charge is 0.380 e. The van der Waals surface area contributed by atoms with E-state index in [1.165, 1.54) is 5.56 Å². The molecule has 0 amide bonds. The normalized spacial score (nSPS) is 13.4.